The summed E-state index contributed by atoms with van der Waals surface area (Å²) in [4.78, 5) is 0. The molecule has 0 bridgehead atoms. The summed E-state index contributed by atoms with van der Waals surface area (Å²) in [5.74, 6) is 0. The number of allylic oxidation sites excluding steroid dienone is 1. The topological polar surface area (TPSA) is 46.2 Å². The monoisotopic (exact) mass is 207 g/mol. The number of nitrogens with one attached hydrogen (secondary N) is 1. The van der Waals surface area contributed by atoms with Crippen LogP contribution in [0.1, 0.15) is 32.6 Å². The minimum atomic E-state index is -2.99. The molecule has 1 aliphatic heterocycles. The minimum absolute atomic E-state index is 0.795. The standard InChI is InChI=1S/C7H13NO2S2/c1-2-3-4-5-7-6-12(9,10)11-8-7/h6,8H,2-5H2,1H3. The Kier molecular flexibility index (Phi) is 3.46. The Hall–Kier alpha value is -0.160. The van der Waals surface area contributed by atoms with Gasteiger partial charge in [-0.2, -0.15) is 0 Å². The van der Waals surface area contributed by atoms with Crippen LogP contribution in [0.15, 0.2) is 11.1 Å². The molecule has 0 saturated carbocycles. The highest BCUT2D eigenvalue weighted by molar-refractivity contribution is 8.72. The van der Waals surface area contributed by atoms with Crippen LogP contribution in [-0.2, 0) is 8.87 Å². The van der Waals surface area contributed by atoms with Crippen molar-refractivity contribution in [3.8, 4) is 0 Å². The summed E-state index contributed by atoms with van der Waals surface area (Å²) in [5, 5.41) is 1.33. The molecule has 0 aromatic rings. The second-order valence-corrected chi connectivity index (χ2v) is 6.26. The van der Waals surface area contributed by atoms with E-state index < -0.39 is 8.87 Å². The summed E-state index contributed by atoms with van der Waals surface area (Å²) in [6.07, 6.45) is 4.22. The van der Waals surface area contributed by atoms with E-state index in [4.69, 9.17) is 0 Å². The van der Waals surface area contributed by atoms with E-state index >= 15 is 0 Å². The first-order valence-corrected chi connectivity index (χ1v) is 6.92. The zero-order valence-corrected chi connectivity index (χ0v) is 8.67. The summed E-state index contributed by atoms with van der Waals surface area (Å²) < 4.78 is 24.6. The molecular weight excluding hydrogens is 194 g/mol. The molecule has 0 aliphatic carbocycles. The summed E-state index contributed by atoms with van der Waals surface area (Å²) in [6, 6.07) is 0. The van der Waals surface area contributed by atoms with Crippen LogP contribution in [0, 0.1) is 0 Å². The molecule has 1 rings (SSSR count). The molecule has 1 aliphatic rings. The summed E-state index contributed by atoms with van der Waals surface area (Å²) in [6.45, 7) is 2.13. The van der Waals surface area contributed by atoms with Crippen molar-refractivity contribution in [1.82, 2.24) is 4.72 Å². The van der Waals surface area contributed by atoms with Crippen LogP contribution >= 0.6 is 11.0 Å². The van der Waals surface area contributed by atoms with Crippen LogP contribution in [0.25, 0.3) is 0 Å². The minimum Gasteiger partial charge on any atom is -0.320 e. The number of hydrogen-bond acceptors (Lipinski definition) is 4. The molecule has 0 fully saturated rings. The maximum atomic E-state index is 10.9. The molecule has 0 aromatic carbocycles. The van der Waals surface area contributed by atoms with Crippen LogP contribution in [0.3, 0.4) is 0 Å². The number of rotatable bonds is 4. The van der Waals surface area contributed by atoms with Crippen LogP contribution in [0.5, 0.6) is 0 Å². The van der Waals surface area contributed by atoms with Gasteiger partial charge < -0.3 is 4.72 Å². The second kappa shape index (κ2) is 4.18. The molecule has 5 heteroatoms. The van der Waals surface area contributed by atoms with Gasteiger partial charge in [0.05, 0.1) is 16.4 Å². The molecule has 1 N–H and O–H groups in total. The van der Waals surface area contributed by atoms with E-state index in [2.05, 4.69) is 11.6 Å². The molecule has 0 saturated heterocycles. The fourth-order valence-corrected chi connectivity index (χ4v) is 3.20. The summed E-state index contributed by atoms with van der Waals surface area (Å²) >= 11 is 0. The SMILES string of the molecule is CCCCCC1=CS(=O)(=O)SN1. The van der Waals surface area contributed by atoms with E-state index in [1.54, 1.807) is 0 Å². The highest BCUT2D eigenvalue weighted by Crippen LogP contribution is 2.24. The van der Waals surface area contributed by atoms with E-state index in [-0.39, 0.29) is 0 Å². The van der Waals surface area contributed by atoms with Gasteiger partial charge >= 0.3 is 0 Å². The molecule has 0 aromatic heterocycles. The molecule has 12 heavy (non-hydrogen) atoms. The first-order chi connectivity index (χ1) is 5.64. The van der Waals surface area contributed by atoms with Gasteiger partial charge in [0, 0.05) is 5.70 Å². The molecule has 3 nitrogen and oxygen atoms in total. The van der Waals surface area contributed by atoms with Gasteiger partial charge in [0.2, 0.25) is 8.87 Å². The van der Waals surface area contributed by atoms with Crippen molar-refractivity contribution in [2.24, 2.45) is 0 Å². The van der Waals surface area contributed by atoms with Crippen LogP contribution in [-0.4, -0.2) is 8.42 Å². The second-order valence-electron chi connectivity index (χ2n) is 2.78. The number of unbranched alkanes of at least 4 members (excludes halogenated alkanes) is 2. The zero-order valence-electron chi connectivity index (χ0n) is 7.04. The van der Waals surface area contributed by atoms with Gasteiger partial charge in [-0.05, 0) is 12.8 Å². The van der Waals surface area contributed by atoms with Crippen molar-refractivity contribution in [2.45, 2.75) is 32.6 Å². The third-order valence-electron chi connectivity index (χ3n) is 1.63. The van der Waals surface area contributed by atoms with Crippen LogP contribution < -0.4 is 4.72 Å². The summed E-state index contributed by atoms with van der Waals surface area (Å²) in [5.41, 5.74) is 0.841. The average Bonchev–Trinajstić information content (AvgIpc) is 2.31. The molecule has 0 amide bonds. The Morgan fingerprint density at radius 2 is 2.25 bits per heavy atom. The van der Waals surface area contributed by atoms with Gasteiger partial charge in [0.1, 0.15) is 0 Å². The molecule has 0 atom stereocenters. The van der Waals surface area contributed by atoms with E-state index in [9.17, 15) is 8.42 Å². The zero-order chi connectivity index (χ0) is 9.03. The van der Waals surface area contributed by atoms with Gasteiger partial charge in [0.25, 0.3) is 0 Å². The maximum absolute atomic E-state index is 10.9. The van der Waals surface area contributed by atoms with Gasteiger partial charge in [-0.25, -0.2) is 8.42 Å². The van der Waals surface area contributed by atoms with Crippen molar-refractivity contribution < 1.29 is 8.42 Å². The lowest BCUT2D eigenvalue weighted by Gasteiger charge is -1.99. The molecule has 70 valence electrons. The first kappa shape index (κ1) is 9.92. The molecule has 0 radical (unpaired) electrons. The first-order valence-electron chi connectivity index (χ1n) is 4.04. The molecule has 1 heterocycles. The predicted molar refractivity (Wildman–Crippen MR) is 51.9 cm³/mol. The Balaban J connectivity index is 2.36. The van der Waals surface area contributed by atoms with Gasteiger partial charge in [0.15, 0.2) is 0 Å². The number of hydrogen-bond donors (Lipinski definition) is 1. The lowest BCUT2D eigenvalue weighted by Crippen LogP contribution is -1.96. The van der Waals surface area contributed by atoms with E-state index in [0.717, 1.165) is 42.4 Å². The van der Waals surface area contributed by atoms with Crippen molar-refractivity contribution in [1.29, 1.82) is 0 Å². The third kappa shape index (κ3) is 3.06. The fourth-order valence-electron chi connectivity index (χ4n) is 1.01. The molecule has 0 unspecified atom stereocenters. The van der Waals surface area contributed by atoms with Crippen molar-refractivity contribution in [3.63, 3.8) is 0 Å². The summed E-state index contributed by atoms with van der Waals surface area (Å²) in [7, 11) is -2.19. The van der Waals surface area contributed by atoms with Crippen LogP contribution in [0.2, 0.25) is 0 Å². The Labute approximate surface area is 77.1 Å². The highest BCUT2D eigenvalue weighted by Gasteiger charge is 2.17. The van der Waals surface area contributed by atoms with Crippen molar-refractivity contribution in [2.75, 3.05) is 0 Å². The Morgan fingerprint density at radius 1 is 1.50 bits per heavy atom. The van der Waals surface area contributed by atoms with Crippen molar-refractivity contribution >= 4 is 19.8 Å². The smallest absolute Gasteiger partial charge is 0.244 e. The average molecular weight is 207 g/mol. The molecule has 0 spiro atoms. The maximum Gasteiger partial charge on any atom is 0.244 e. The van der Waals surface area contributed by atoms with E-state index in [1.807, 2.05) is 0 Å². The lowest BCUT2D eigenvalue weighted by atomic mass is 10.2. The highest BCUT2D eigenvalue weighted by atomic mass is 33.1. The van der Waals surface area contributed by atoms with Gasteiger partial charge in [-0.1, -0.05) is 19.8 Å². The van der Waals surface area contributed by atoms with E-state index in [0.29, 0.717) is 0 Å². The Morgan fingerprint density at radius 3 is 2.75 bits per heavy atom. The quantitative estimate of drug-likeness (QED) is 0.435. The largest absolute Gasteiger partial charge is 0.320 e. The van der Waals surface area contributed by atoms with Gasteiger partial charge in [-0.3, -0.25) is 0 Å². The predicted octanol–water partition coefficient (Wildman–Crippen LogP) is 1.99. The Bertz CT molecular complexity index is 269. The van der Waals surface area contributed by atoms with Crippen molar-refractivity contribution in [3.05, 3.63) is 11.1 Å². The fraction of sp³-hybridized carbons (Fsp3) is 0.714. The normalized spacial score (nSPS) is 20.2. The van der Waals surface area contributed by atoms with Crippen LogP contribution in [0.4, 0.5) is 0 Å². The lowest BCUT2D eigenvalue weighted by molar-refractivity contribution is 0.618. The van der Waals surface area contributed by atoms with E-state index in [1.165, 1.54) is 5.41 Å². The molecular formula is C7H13NO2S2. The van der Waals surface area contributed by atoms with Gasteiger partial charge in [-0.15, -0.1) is 0 Å². The third-order valence-corrected chi connectivity index (χ3v) is 4.01.